The molecule has 0 aliphatic carbocycles. The van der Waals surface area contributed by atoms with Crippen LogP contribution in [0.3, 0.4) is 0 Å². The van der Waals surface area contributed by atoms with E-state index in [1.54, 1.807) is 50.8 Å². The highest BCUT2D eigenvalue weighted by atomic mass is 32.1. The number of methoxy groups -OCH3 is 2. The van der Waals surface area contributed by atoms with Crippen molar-refractivity contribution >= 4 is 34.3 Å². The molecule has 0 amide bonds. The zero-order valence-corrected chi connectivity index (χ0v) is 26.3. The number of hydrogen-bond acceptors (Lipinski definition) is 7. The van der Waals surface area contributed by atoms with Gasteiger partial charge >= 0.3 is 5.97 Å². The number of nitrogens with zero attached hydrogens (tertiary/aromatic N) is 2. The molecule has 0 saturated heterocycles. The summed E-state index contributed by atoms with van der Waals surface area (Å²) in [6, 6.07) is 18.9. The Morgan fingerprint density at radius 1 is 1.05 bits per heavy atom. The Balaban J connectivity index is 1.66. The summed E-state index contributed by atoms with van der Waals surface area (Å²) >= 11 is 1.29. The van der Waals surface area contributed by atoms with Gasteiger partial charge in [-0.2, -0.15) is 0 Å². The summed E-state index contributed by atoms with van der Waals surface area (Å²) in [5, 5.41) is 1.03. The lowest BCUT2D eigenvalue weighted by atomic mass is 9.94. The number of esters is 1. The van der Waals surface area contributed by atoms with Gasteiger partial charge in [0.15, 0.2) is 4.80 Å². The predicted molar refractivity (Wildman–Crippen MR) is 173 cm³/mol. The Bertz CT molecular complexity index is 2140. The first kappa shape index (κ1) is 29.2. The van der Waals surface area contributed by atoms with Crippen molar-refractivity contribution in [2.45, 2.75) is 33.7 Å². The van der Waals surface area contributed by atoms with Crippen molar-refractivity contribution in [1.82, 2.24) is 9.55 Å². The number of aromatic nitrogens is 2. The molecule has 0 bridgehead atoms. The average Bonchev–Trinajstić information content (AvgIpc) is 3.53. The molecule has 6 rings (SSSR count). The first-order valence-electron chi connectivity index (χ1n) is 14.4. The zero-order valence-electron chi connectivity index (χ0n) is 25.5. The number of carbonyl (C=O) groups excluding carboxylic acids is 1. The van der Waals surface area contributed by atoms with Crippen molar-refractivity contribution in [3.63, 3.8) is 0 Å². The summed E-state index contributed by atoms with van der Waals surface area (Å²) in [7, 11) is 3.13. The van der Waals surface area contributed by atoms with Crippen LogP contribution in [-0.4, -0.2) is 36.3 Å². The van der Waals surface area contributed by atoms with Crippen molar-refractivity contribution in [2.75, 3.05) is 20.8 Å². The number of H-pyrrole nitrogens is 1. The van der Waals surface area contributed by atoms with E-state index in [0.717, 1.165) is 38.9 Å². The zero-order chi connectivity index (χ0) is 31.1. The van der Waals surface area contributed by atoms with Crippen molar-refractivity contribution in [2.24, 2.45) is 4.99 Å². The minimum Gasteiger partial charge on any atom is -0.497 e. The fourth-order valence-electron chi connectivity index (χ4n) is 5.93. The molecule has 44 heavy (non-hydrogen) atoms. The Morgan fingerprint density at radius 2 is 1.82 bits per heavy atom. The van der Waals surface area contributed by atoms with Crippen molar-refractivity contribution in [3.8, 4) is 22.8 Å². The summed E-state index contributed by atoms with van der Waals surface area (Å²) in [6.45, 7) is 7.85. The van der Waals surface area contributed by atoms with E-state index in [1.165, 1.54) is 11.3 Å². The number of fused-ring (bicyclic) bond motifs is 2. The van der Waals surface area contributed by atoms with E-state index >= 15 is 0 Å². The van der Waals surface area contributed by atoms with E-state index < -0.39 is 12.0 Å². The fourth-order valence-corrected chi connectivity index (χ4v) is 6.95. The maximum absolute atomic E-state index is 14.5. The lowest BCUT2D eigenvalue weighted by Gasteiger charge is -2.26. The molecule has 1 aliphatic rings. The second-order valence-electron chi connectivity index (χ2n) is 10.7. The van der Waals surface area contributed by atoms with Crippen LogP contribution in [0.4, 0.5) is 0 Å². The SMILES string of the molecule is CCOC(=O)C1=C(C)N=c2s/c(=C/c3c(-c4ccccc4)[nH]c4c(C)cc(C)cc34)c(=O)n2[C@H]1c1cc(OC)ccc1OC. The molecular formula is C35H33N3O5S. The van der Waals surface area contributed by atoms with E-state index in [0.29, 0.717) is 32.1 Å². The van der Waals surface area contributed by atoms with E-state index in [4.69, 9.17) is 19.2 Å². The third-order valence-corrected chi connectivity index (χ3v) is 8.86. The van der Waals surface area contributed by atoms with Gasteiger partial charge in [0.1, 0.15) is 17.5 Å². The number of allylic oxidation sites excluding steroid dienone is 1. The molecule has 5 aromatic rings. The van der Waals surface area contributed by atoms with Gasteiger partial charge in [-0.1, -0.05) is 53.3 Å². The first-order chi connectivity index (χ1) is 21.2. The van der Waals surface area contributed by atoms with Crippen LogP contribution >= 0.6 is 11.3 Å². The highest BCUT2D eigenvalue weighted by Crippen LogP contribution is 2.38. The molecule has 9 heteroatoms. The van der Waals surface area contributed by atoms with Crippen molar-refractivity contribution in [1.29, 1.82) is 0 Å². The van der Waals surface area contributed by atoms with Gasteiger partial charge in [0.2, 0.25) is 0 Å². The predicted octanol–water partition coefficient (Wildman–Crippen LogP) is 5.58. The first-order valence-corrected chi connectivity index (χ1v) is 15.2. The second kappa shape index (κ2) is 11.7. The number of carbonyl (C=O) groups is 1. The summed E-state index contributed by atoms with van der Waals surface area (Å²) < 4.78 is 18.8. The number of benzene rings is 3. The maximum Gasteiger partial charge on any atom is 0.338 e. The van der Waals surface area contributed by atoms with Gasteiger partial charge in [-0.05, 0) is 69.2 Å². The van der Waals surface area contributed by atoms with Gasteiger partial charge in [-0.3, -0.25) is 9.36 Å². The maximum atomic E-state index is 14.5. The van der Waals surface area contributed by atoms with E-state index in [2.05, 4.69) is 43.1 Å². The smallest absolute Gasteiger partial charge is 0.338 e. The number of aromatic amines is 1. The van der Waals surface area contributed by atoms with Crippen LogP contribution in [0, 0.1) is 13.8 Å². The van der Waals surface area contributed by atoms with E-state index in [-0.39, 0.29) is 17.7 Å². The summed E-state index contributed by atoms with van der Waals surface area (Å²) in [5.74, 6) is 0.542. The van der Waals surface area contributed by atoms with Crippen LogP contribution in [0.1, 0.15) is 42.1 Å². The van der Waals surface area contributed by atoms with Gasteiger partial charge in [-0.15, -0.1) is 0 Å². The number of thiazole rings is 1. The Hall–Kier alpha value is -4.89. The molecule has 3 heterocycles. The van der Waals surface area contributed by atoms with Crippen LogP contribution in [0.15, 0.2) is 81.7 Å². The van der Waals surface area contributed by atoms with Crippen LogP contribution in [-0.2, 0) is 9.53 Å². The standard InChI is InChI=1S/C35H33N3O5S/c1-7-43-34(40)29-21(4)36-35-38(32(29)26-17-23(41-5)13-14-27(26)42-6)33(39)28(44-35)18-25-24-16-19(2)15-20(3)30(24)37-31(25)22-11-9-8-10-12-22/h8-18,32,37H,7H2,1-6H3/b28-18+/t32-/m0/s1. The van der Waals surface area contributed by atoms with Gasteiger partial charge in [0, 0.05) is 22.0 Å². The van der Waals surface area contributed by atoms with Crippen LogP contribution < -0.4 is 24.4 Å². The molecule has 1 atom stereocenters. The second-order valence-corrected chi connectivity index (χ2v) is 11.7. The summed E-state index contributed by atoms with van der Waals surface area (Å²) in [6.07, 6.45) is 1.94. The fraction of sp³-hybridized carbons (Fsp3) is 0.229. The Kier molecular flexibility index (Phi) is 7.73. The highest BCUT2D eigenvalue weighted by Gasteiger charge is 2.35. The van der Waals surface area contributed by atoms with E-state index in [9.17, 15) is 9.59 Å². The molecule has 0 spiro atoms. The number of nitrogens with one attached hydrogen (secondary N) is 1. The molecule has 224 valence electrons. The Morgan fingerprint density at radius 3 is 2.52 bits per heavy atom. The molecule has 2 aromatic heterocycles. The monoisotopic (exact) mass is 607 g/mol. The van der Waals surface area contributed by atoms with Crippen molar-refractivity contribution < 1.29 is 19.0 Å². The largest absolute Gasteiger partial charge is 0.497 e. The molecule has 1 N–H and O–H groups in total. The van der Waals surface area contributed by atoms with Gasteiger partial charge in [-0.25, -0.2) is 9.79 Å². The molecule has 8 nitrogen and oxygen atoms in total. The minimum absolute atomic E-state index is 0.184. The molecule has 0 fully saturated rings. The van der Waals surface area contributed by atoms with Gasteiger partial charge in [0.25, 0.3) is 5.56 Å². The van der Waals surface area contributed by atoms with Crippen molar-refractivity contribution in [3.05, 3.63) is 114 Å². The van der Waals surface area contributed by atoms with Gasteiger partial charge < -0.3 is 19.2 Å². The molecular weight excluding hydrogens is 574 g/mol. The third kappa shape index (κ3) is 4.93. The van der Waals surface area contributed by atoms with Crippen LogP contribution in [0.5, 0.6) is 11.5 Å². The third-order valence-electron chi connectivity index (χ3n) is 7.88. The average molecular weight is 608 g/mol. The summed E-state index contributed by atoms with van der Waals surface area (Å²) in [5.41, 5.74) is 7.22. The molecule has 1 aliphatic heterocycles. The topological polar surface area (TPSA) is 94.9 Å². The van der Waals surface area contributed by atoms with Gasteiger partial charge in [0.05, 0.1) is 42.3 Å². The van der Waals surface area contributed by atoms with Crippen LogP contribution in [0.25, 0.3) is 28.2 Å². The molecule has 0 unspecified atom stereocenters. The number of aryl methyl sites for hydroxylation is 2. The summed E-state index contributed by atoms with van der Waals surface area (Å²) in [4.78, 5) is 36.7. The lowest BCUT2D eigenvalue weighted by molar-refractivity contribution is -0.139. The molecule has 3 aromatic carbocycles. The number of hydrogen-bond donors (Lipinski definition) is 1. The Labute approximate surface area is 258 Å². The quantitative estimate of drug-likeness (QED) is 0.244. The normalized spacial score (nSPS) is 14.9. The van der Waals surface area contributed by atoms with E-state index in [1.807, 2.05) is 24.3 Å². The van der Waals surface area contributed by atoms with Crippen LogP contribution in [0.2, 0.25) is 0 Å². The number of ether oxygens (including phenoxy) is 3. The molecule has 0 saturated carbocycles. The number of rotatable bonds is 7. The highest BCUT2D eigenvalue weighted by molar-refractivity contribution is 7.07. The molecule has 0 radical (unpaired) electrons. The minimum atomic E-state index is -0.835. The lowest BCUT2D eigenvalue weighted by Crippen LogP contribution is -2.40.